The molecule has 5 heteroatoms. The second-order valence-corrected chi connectivity index (χ2v) is 7.42. The van der Waals surface area contributed by atoms with Gasteiger partial charge in [-0.3, -0.25) is 0 Å². The number of aromatic carboxylic acids is 1. The Morgan fingerprint density at radius 3 is 2.34 bits per heavy atom. The van der Waals surface area contributed by atoms with Gasteiger partial charge in [-0.1, -0.05) is 57.9 Å². The summed E-state index contributed by atoms with van der Waals surface area (Å²) in [5, 5.41) is 18.6. The highest BCUT2D eigenvalue weighted by Gasteiger charge is 2.08. The molecule has 3 aromatic rings. The third-order valence-corrected chi connectivity index (χ3v) is 4.84. The standard InChI is InChI=1S/C24H18BrNO3/c1-16-2-6-18(7-3-16)21(14-26)12-20-13-22(25)10-11-23(20)29-15-17-4-8-19(9-5-17)24(27)28/h2-13H,15H2,1H3,(H,27,28)/b21-12+. The van der Waals surface area contributed by atoms with Gasteiger partial charge in [-0.2, -0.15) is 5.26 Å². The first-order chi connectivity index (χ1) is 14.0. The Morgan fingerprint density at radius 2 is 1.72 bits per heavy atom. The molecule has 4 nitrogen and oxygen atoms in total. The van der Waals surface area contributed by atoms with E-state index in [4.69, 9.17) is 9.84 Å². The number of allylic oxidation sites excluding steroid dienone is 1. The van der Waals surface area contributed by atoms with E-state index in [2.05, 4.69) is 22.0 Å². The molecule has 0 atom stereocenters. The maximum atomic E-state index is 11.0. The summed E-state index contributed by atoms with van der Waals surface area (Å²) in [6, 6.07) is 22.2. The van der Waals surface area contributed by atoms with Crippen LogP contribution in [0.25, 0.3) is 11.6 Å². The van der Waals surface area contributed by atoms with Crippen LogP contribution in [0, 0.1) is 18.3 Å². The Balaban J connectivity index is 1.86. The van der Waals surface area contributed by atoms with Crippen molar-refractivity contribution in [2.24, 2.45) is 0 Å². The number of hydrogen-bond donors (Lipinski definition) is 1. The predicted octanol–water partition coefficient (Wildman–Crippen LogP) is 6.10. The first kappa shape index (κ1) is 20.4. The maximum Gasteiger partial charge on any atom is 0.335 e. The third kappa shape index (κ3) is 5.34. The number of halogens is 1. The van der Waals surface area contributed by atoms with Crippen molar-refractivity contribution in [1.29, 1.82) is 5.26 Å². The van der Waals surface area contributed by atoms with Gasteiger partial charge >= 0.3 is 5.97 Å². The van der Waals surface area contributed by atoms with Crippen molar-refractivity contribution in [1.82, 2.24) is 0 Å². The number of aryl methyl sites for hydroxylation is 1. The fourth-order valence-corrected chi connectivity index (χ4v) is 3.12. The quantitative estimate of drug-likeness (QED) is 0.366. The van der Waals surface area contributed by atoms with Gasteiger partial charge in [0.05, 0.1) is 17.2 Å². The lowest BCUT2D eigenvalue weighted by Gasteiger charge is -2.11. The lowest BCUT2D eigenvalue weighted by Crippen LogP contribution is -2.00. The molecule has 0 saturated heterocycles. The van der Waals surface area contributed by atoms with Crippen LogP contribution in [0.3, 0.4) is 0 Å². The second kappa shape index (κ2) is 9.22. The first-order valence-corrected chi connectivity index (χ1v) is 9.69. The molecule has 0 amide bonds. The molecule has 0 aliphatic carbocycles. The predicted molar refractivity (Wildman–Crippen MR) is 117 cm³/mol. The topological polar surface area (TPSA) is 70.3 Å². The van der Waals surface area contributed by atoms with Crippen LogP contribution >= 0.6 is 15.9 Å². The van der Waals surface area contributed by atoms with Gasteiger partial charge in [0.25, 0.3) is 0 Å². The van der Waals surface area contributed by atoms with Crippen molar-refractivity contribution in [3.8, 4) is 11.8 Å². The maximum absolute atomic E-state index is 11.0. The number of carboxylic acids is 1. The van der Waals surface area contributed by atoms with Crippen molar-refractivity contribution in [2.45, 2.75) is 13.5 Å². The summed E-state index contributed by atoms with van der Waals surface area (Å²) in [6.07, 6.45) is 1.80. The van der Waals surface area contributed by atoms with Crippen molar-refractivity contribution >= 4 is 33.5 Å². The van der Waals surface area contributed by atoms with Crippen molar-refractivity contribution < 1.29 is 14.6 Å². The zero-order valence-electron chi connectivity index (χ0n) is 15.7. The molecule has 0 aromatic heterocycles. The summed E-state index contributed by atoms with van der Waals surface area (Å²) in [6.45, 7) is 2.29. The minimum atomic E-state index is -0.960. The molecule has 3 aromatic carbocycles. The monoisotopic (exact) mass is 447 g/mol. The lowest BCUT2D eigenvalue weighted by molar-refractivity contribution is 0.0697. The fraction of sp³-hybridized carbons (Fsp3) is 0.0833. The molecule has 0 heterocycles. The molecule has 3 rings (SSSR count). The molecule has 0 saturated carbocycles. The summed E-state index contributed by atoms with van der Waals surface area (Å²) < 4.78 is 6.83. The summed E-state index contributed by atoms with van der Waals surface area (Å²) in [7, 11) is 0. The number of nitriles is 1. The van der Waals surface area contributed by atoms with E-state index in [0.29, 0.717) is 11.3 Å². The molecule has 144 valence electrons. The Hall–Kier alpha value is -3.36. The van der Waals surface area contributed by atoms with E-state index in [0.717, 1.165) is 26.7 Å². The van der Waals surface area contributed by atoms with E-state index in [1.54, 1.807) is 30.3 Å². The molecule has 1 N–H and O–H groups in total. The number of nitrogens with zero attached hydrogens (tertiary/aromatic N) is 1. The van der Waals surface area contributed by atoms with Crippen molar-refractivity contribution in [3.63, 3.8) is 0 Å². The van der Waals surface area contributed by atoms with E-state index in [9.17, 15) is 10.1 Å². The first-order valence-electron chi connectivity index (χ1n) is 8.89. The fourth-order valence-electron chi connectivity index (χ4n) is 2.74. The Labute approximate surface area is 177 Å². The normalized spacial score (nSPS) is 11.0. The van der Waals surface area contributed by atoms with E-state index in [1.807, 2.05) is 49.4 Å². The van der Waals surface area contributed by atoms with Crippen LogP contribution in [-0.4, -0.2) is 11.1 Å². The summed E-state index contributed by atoms with van der Waals surface area (Å²) in [4.78, 5) is 11.0. The zero-order chi connectivity index (χ0) is 20.8. The third-order valence-electron chi connectivity index (χ3n) is 4.35. The van der Waals surface area contributed by atoms with Crippen LogP contribution in [0.15, 0.2) is 71.2 Å². The number of carboxylic acid groups (broad SMARTS) is 1. The van der Waals surface area contributed by atoms with Gasteiger partial charge in [-0.25, -0.2) is 4.79 Å². The highest BCUT2D eigenvalue weighted by Crippen LogP contribution is 2.28. The Kier molecular flexibility index (Phi) is 6.48. The van der Waals surface area contributed by atoms with Crippen LogP contribution in [0.4, 0.5) is 0 Å². The van der Waals surface area contributed by atoms with E-state index in [-0.39, 0.29) is 12.2 Å². The van der Waals surface area contributed by atoms with Crippen LogP contribution < -0.4 is 4.74 Å². The minimum absolute atomic E-state index is 0.234. The number of ether oxygens (including phenoxy) is 1. The molecule has 29 heavy (non-hydrogen) atoms. The molecular weight excluding hydrogens is 430 g/mol. The average molecular weight is 448 g/mol. The smallest absolute Gasteiger partial charge is 0.335 e. The highest BCUT2D eigenvalue weighted by atomic mass is 79.9. The van der Waals surface area contributed by atoms with Gasteiger partial charge in [-0.15, -0.1) is 0 Å². The number of rotatable bonds is 6. The largest absolute Gasteiger partial charge is 0.488 e. The van der Waals surface area contributed by atoms with E-state index >= 15 is 0 Å². The molecule has 0 radical (unpaired) electrons. The van der Waals surface area contributed by atoms with Gasteiger partial charge in [0.1, 0.15) is 12.4 Å². The summed E-state index contributed by atoms with van der Waals surface area (Å²) >= 11 is 3.47. The van der Waals surface area contributed by atoms with Crippen LogP contribution in [-0.2, 0) is 6.61 Å². The SMILES string of the molecule is Cc1ccc(/C(C#N)=C/c2cc(Br)ccc2OCc2ccc(C(=O)O)cc2)cc1. The minimum Gasteiger partial charge on any atom is -0.488 e. The molecular formula is C24H18BrNO3. The van der Waals surface area contributed by atoms with Crippen molar-refractivity contribution in [3.05, 3.63) is 99.0 Å². The lowest BCUT2D eigenvalue weighted by atomic mass is 10.0. The Morgan fingerprint density at radius 1 is 1.07 bits per heavy atom. The molecule has 0 aliphatic rings. The van der Waals surface area contributed by atoms with Gasteiger partial charge in [0, 0.05) is 10.0 Å². The molecule has 0 fully saturated rings. The van der Waals surface area contributed by atoms with Gasteiger partial charge in [-0.05, 0) is 54.5 Å². The summed E-state index contributed by atoms with van der Waals surface area (Å²) in [5.74, 6) is -0.326. The molecule has 0 unspecified atom stereocenters. The van der Waals surface area contributed by atoms with Crippen LogP contribution in [0.5, 0.6) is 5.75 Å². The number of benzene rings is 3. The summed E-state index contributed by atoms with van der Waals surface area (Å²) in [5.41, 5.74) is 4.38. The van der Waals surface area contributed by atoms with E-state index < -0.39 is 5.97 Å². The molecule has 0 aliphatic heterocycles. The zero-order valence-corrected chi connectivity index (χ0v) is 17.3. The molecule has 0 bridgehead atoms. The second-order valence-electron chi connectivity index (χ2n) is 6.51. The Bertz CT molecular complexity index is 1090. The van der Waals surface area contributed by atoms with Crippen LogP contribution in [0.1, 0.15) is 32.6 Å². The van der Waals surface area contributed by atoms with Gasteiger partial charge < -0.3 is 9.84 Å². The van der Waals surface area contributed by atoms with Gasteiger partial charge in [0.15, 0.2) is 0 Å². The molecule has 0 spiro atoms. The number of carbonyl (C=O) groups is 1. The van der Waals surface area contributed by atoms with E-state index in [1.165, 1.54) is 0 Å². The van der Waals surface area contributed by atoms with Crippen LogP contribution in [0.2, 0.25) is 0 Å². The highest BCUT2D eigenvalue weighted by molar-refractivity contribution is 9.10. The number of hydrogen-bond acceptors (Lipinski definition) is 3. The van der Waals surface area contributed by atoms with Crippen molar-refractivity contribution in [2.75, 3.05) is 0 Å². The average Bonchev–Trinajstić information content (AvgIpc) is 2.72. The van der Waals surface area contributed by atoms with Gasteiger partial charge in [0.2, 0.25) is 0 Å².